The van der Waals surface area contributed by atoms with Gasteiger partial charge in [0.05, 0.1) is 6.61 Å². The van der Waals surface area contributed by atoms with Crippen molar-refractivity contribution in [1.29, 1.82) is 0 Å². The van der Waals surface area contributed by atoms with Gasteiger partial charge in [-0.05, 0) is 36.6 Å². The lowest BCUT2D eigenvalue weighted by atomic mass is 10.1. The number of halogens is 1. The van der Waals surface area contributed by atoms with Crippen molar-refractivity contribution in [2.45, 2.75) is 32.9 Å². The van der Waals surface area contributed by atoms with Crippen LogP contribution in [-0.4, -0.2) is 12.5 Å². The summed E-state index contributed by atoms with van der Waals surface area (Å²) < 4.78 is 5.53. The number of carbonyl (C=O) groups is 1. The van der Waals surface area contributed by atoms with Crippen molar-refractivity contribution < 1.29 is 9.53 Å². The molecule has 3 N–H and O–H groups in total. The number of nitrogens with two attached hydrogens (primary N) is 1. The summed E-state index contributed by atoms with van der Waals surface area (Å²) in [6.45, 7) is 5.23. The average molecular weight is 349 g/mol. The van der Waals surface area contributed by atoms with Gasteiger partial charge in [-0.3, -0.25) is 4.79 Å². The Morgan fingerprint density at radius 3 is 2.33 bits per heavy atom. The molecule has 2 rings (SSSR count). The number of aryl methyl sites for hydroxylation is 1. The van der Waals surface area contributed by atoms with Crippen molar-refractivity contribution in [2.75, 3.05) is 6.61 Å². The van der Waals surface area contributed by atoms with E-state index in [-0.39, 0.29) is 18.3 Å². The van der Waals surface area contributed by atoms with Crippen LogP contribution >= 0.6 is 12.4 Å². The average Bonchev–Trinajstić information content (AvgIpc) is 2.58. The molecule has 0 saturated carbocycles. The molecule has 0 saturated heterocycles. The Kier molecular flexibility index (Phi) is 8.30. The van der Waals surface area contributed by atoms with Crippen molar-refractivity contribution >= 4 is 18.3 Å². The van der Waals surface area contributed by atoms with Crippen LogP contribution in [0.5, 0.6) is 5.75 Å². The van der Waals surface area contributed by atoms with Gasteiger partial charge in [-0.15, -0.1) is 12.4 Å². The van der Waals surface area contributed by atoms with Crippen LogP contribution in [0.1, 0.15) is 36.1 Å². The Balaban J connectivity index is 0.00000288. The minimum Gasteiger partial charge on any atom is -0.494 e. The molecule has 0 aliphatic heterocycles. The number of rotatable bonds is 7. The number of hydrogen-bond donors (Lipinski definition) is 2. The van der Waals surface area contributed by atoms with Gasteiger partial charge < -0.3 is 15.8 Å². The lowest BCUT2D eigenvalue weighted by molar-refractivity contribution is -0.122. The summed E-state index contributed by atoms with van der Waals surface area (Å²) in [7, 11) is 0. The topological polar surface area (TPSA) is 64.3 Å². The number of nitrogens with one attached hydrogen (secondary N) is 1. The van der Waals surface area contributed by atoms with E-state index in [1.165, 1.54) is 0 Å². The van der Waals surface area contributed by atoms with Crippen LogP contribution in [0.4, 0.5) is 0 Å². The van der Waals surface area contributed by atoms with E-state index in [1.807, 2.05) is 55.5 Å². The van der Waals surface area contributed by atoms with Gasteiger partial charge in [0.1, 0.15) is 11.8 Å². The Bertz CT molecular complexity index is 627. The summed E-state index contributed by atoms with van der Waals surface area (Å²) in [5.41, 5.74) is 8.97. The summed E-state index contributed by atoms with van der Waals surface area (Å²) >= 11 is 0. The molecule has 0 aromatic heterocycles. The third-order valence-electron chi connectivity index (χ3n) is 3.58. The van der Waals surface area contributed by atoms with Gasteiger partial charge >= 0.3 is 0 Å². The predicted molar refractivity (Wildman–Crippen MR) is 99.4 cm³/mol. The first-order valence-corrected chi connectivity index (χ1v) is 7.91. The van der Waals surface area contributed by atoms with Crippen molar-refractivity contribution in [3.8, 4) is 5.75 Å². The largest absolute Gasteiger partial charge is 0.494 e. The zero-order chi connectivity index (χ0) is 16.7. The number of carbonyl (C=O) groups excluding carboxylic acids is 1. The first-order chi connectivity index (χ1) is 11.1. The lowest BCUT2D eigenvalue weighted by Crippen LogP contribution is -2.33. The van der Waals surface area contributed by atoms with Crippen molar-refractivity contribution in [2.24, 2.45) is 5.73 Å². The van der Waals surface area contributed by atoms with Gasteiger partial charge in [0.2, 0.25) is 5.91 Å². The smallest absolute Gasteiger partial charge is 0.241 e. The molecular formula is C19H25ClN2O2. The van der Waals surface area contributed by atoms with Gasteiger partial charge in [-0.25, -0.2) is 0 Å². The zero-order valence-electron chi connectivity index (χ0n) is 14.1. The fraction of sp³-hybridized carbons (Fsp3) is 0.316. The highest BCUT2D eigenvalue weighted by atomic mass is 35.5. The van der Waals surface area contributed by atoms with E-state index in [1.54, 1.807) is 0 Å². The van der Waals surface area contributed by atoms with Crippen LogP contribution < -0.4 is 15.8 Å². The van der Waals surface area contributed by atoms with Crippen LogP contribution in [-0.2, 0) is 11.3 Å². The summed E-state index contributed by atoms with van der Waals surface area (Å²) in [5, 5.41) is 2.87. The Morgan fingerprint density at radius 1 is 1.12 bits per heavy atom. The Hall–Kier alpha value is -2.04. The predicted octanol–water partition coefficient (Wildman–Crippen LogP) is 3.52. The summed E-state index contributed by atoms with van der Waals surface area (Å²) in [5.74, 6) is 0.665. The first-order valence-electron chi connectivity index (χ1n) is 7.91. The SMILES string of the molecule is CCCOc1ccc(CNC(=O)C(N)c2ccc(C)cc2)cc1.Cl. The molecule has 2 aromatic rings. The molecule has 0 heterocycles. The van der Waals surface area contributed by atoms with E-state index in [2.05, 4.69) is 12.2 Å². The number of ether oxygens (including phenoxy) is 1. The van der Waals surface area contributed by atoms with Crippen molar-refractivity contribution in [3.63, 3.8) is 0 Å². The molecule has 1 amide bonds. The van der Waals surface area contributed by atoms with Gasteiger partial charge in [0.15, 0.2) is 0 Å². The maximum atomic E-state index is 12.1. The second kappa shape index (κ2) is 9.96. The molecule has 24 heavy (non-hydrogen) atoms. The molecule has 5 heteroatoms. The third kappa shape index (κ3) is 5.87. The molecule has 130 valence electrons. The van der Waals surface area contributed by atoms with Crippen LogP contribution in [0.25, 0.3) is 0 Å². The van der Waals surface area contributed by atoms with E-state index in [0.29, 0.717) is 13.2 Å². The molecule has 0 bridgehead atoms. The van der Waals surface area contributed by atoms with Crippen LogP contribution in [0.15, 0.2) is 48.5 Å². The van der Waals surface area contributed by atoms with E-state index in [4.69, 9.17) is 10.5 Å². The normalized spacial score (nSPS) is 11.3. The van der Waals surface area contributed by atoms with Crippen LogP contribution in [0.2, 0.25) is 0 Å². The second-order valence-electron chi connectivity index (χ2n) is 5.60. The maximum absolute atomic E-state index is 12.1. The Morgan fingerprint density at radius 2 is 1.75 bits per heavy atom. The molecule has 1 atom stereocenters. The minimum absolute atomic E-state index is 0. The Labute approximate surface area is 149 Å². The number of benzene rings is 2. The highest BCUT2D eigenvalue weighted by Crippen LogP contribution is 2.14. The minimum atomic E-state index is -0.650. The summed E-state index contributed by atoms with van der Waals surface area (Å²) in [6.07, 6.45) is 0.981. The van der Waals surface area contributed by atoms with E-state index < -0.39 is 6.04 Å². The van der Waals surface area contributed by atoms with Crippen molar-refractivity contribution in [3.05, 3.63) is 65.2 Å². The zero-order valence-corrected chi connectivity index (χ0v) is 14.9. The molecule has 1 unspecified atom stereocenters. The quantitative estimate of drug-likeness (QED) is 0.804. The highest BCUT2D eigenvalue weighted by molar-refractivity contribution is 5.85. The third-order valence-corrected chi connectivity index (χ3v) is 3.58. The lowest BCUT2D eigenvalue weighted by Gasteiger charge is -2.13. The van der Waals surface area contributed by atoms with Crippen LogP contribution in [0.3, 0.4) is 0 Å². The van der Waals surface area contributed by atoms with Crippen LogP contribution in [0, 0.1) is 6.92 Å². The molecule has 0 aliphatic carbocycles. The van der Waals surface area contributed by atoms with Crippen molar-refractivity contribution in [1.82, 2.24) is 5.32 Å². The molecule has 4 nitrogen and oxygen atoms in total. The highest BCUT2D eigenvalue weighted by Gasteiger charge is 2.15. The monoisotopic (exact) mass is 348 g/mol. The van der Waals surface area contributed by atoms with E-state index in [0.717, 1.165) is 28.9 Å². The summed E-state index contributed by atoms with van der Waals surface area (Å²) in [4.78, 5) is 12.1. The fourth-order valence-corrected chi connectivity index (χ4v) is 2.15. The fourth-order valence-electron chi connectivity index (χ4n) is 2.15. The summed E-state index contributed by atoms with van der Waals surface area (Å²) in [6, 6.07) is 14.8. The standard InChI is InChI=1S/C19H24N2O2.ClH/c1-3-12-23-17-10-6-15(7-11-17)13-21-19(22)18(20)16-8-4-14(2)5-9-16;/h4-11,18H,3,12-13,20H2,1-2H3,(H,21,22);1H. The van der Waals surface area contributed by atoms with E-state index in [9.17, 15) is 4.79 Å². The van der Waals surface area contributed by atoms with Gasteiger partial charge in [0.25, 0.3) is 0 Å². The van der Waals surface area contributed by atoms with Gasteiger partial charge in [-0.1, -0.05) is 48.9 Å². The second-order valence-corrected chi connectivity index (χ2v) is 5.60. The van der Waals surface area contributed by atoms with E-state index >= 15 is 0 Å². The molecule has 0 spiro atoms. The molecule has 2 aromatic carbocycles. The molecular weight excluding hydrogens is 324 g/mol. The number of amides is 1. The molecule has 0 radical (unpaired) electrons. The molecule has 0 aliphatic rings. The van der Waals surface area contributed by atoms with Gasteiger partial charge in [-0.2, -0.15) is 0 Å². The van der Waals surface area contributed by atoms with Gasteiger partial charge in [0, 0.05) is 6.54 Å². The number of hydrogen-bond acceptors (Lipinski definition) is 3. The maximum Gasteiger partial charge on any atom is 0.241 e. The molecule has 0 fully saturated rings. The first kappa shape index (κ1) is 20.0.